The predicted molar refractivity (Wildman–Crippen MR) is 113 cm³/mol. The van der Waals surface area contributed by atoms with Gasteiger partial charge in [-0.3, -0.25) is 4.79 Å². The third-order valence-electron chi connectivity index (χ3n) is 3.89. The molecule has 0 saturated heterocycles. The highest BCUT2D eigenvalue weighted by molar-refractivity contribution is 5.93. The molecule has 0 aromatic heterocycles. The van der Waals surface area contributed by atoms with Crippen LogP contribution in [0.3, 0.4) is 0 Å². The Morgan fingerprint density at radius 2 is 1.24 bits per heavy atom. The second-order valence-electron chi connectivity index (χ2n) is 6.16. The van der Waals surface area contributed by atoms with Crippen LogP contribution in [0.15, 0.2) is 84.9 Å². The molecule has 0 radical (unpaired) electrons. The number of rotatable bonds is 6. The standard InChI is InChI=1S/C14H15N.C10H10O4/c1-3-7-13(8-4-1)11-15-12-14-9-5-2-6-10-14;1-7(11)14-9-6-4-3-5-8(9)10(12)13-2/h1-10,15H,11-12H2;3-6H,1-2H3. The highest BCUT2D eigenvalue weighted by Gasteiger charge is 2.12. The van der Waals surface area contributed by atoms with E-state index in [1.54, 1.807) is 12.1 Å². The van der Waals surface area contributed by atoms with Crippen molar-refractivity contribution in [2.45, 2.75) is 20.0 Å². The van der Waals surface area contributed by atoms with E-state index >= 15 is 0 Å². The number of methoxy groups -OCH3 is 1. The number of para-hydroxylation sites is 1. The first-order valence-corrected chi connectivity index (χ1v) is 9.24. The number of hydrogen-bond acceptors (Lipinski definition) is 5. The maximum Gasteiger partial charge on any atom is 0.341 e. The van der Waals surface area contributed by atoms with E-state index in [0.717, 1.165) is 13.1 Å². The lowest BCUT2D eigenvalue weighted by molar-refractivity contribution is -0.131. The fourth-order valence-corrected chi connectivity index (χ4v) is 2.53. The Hall–Kier alpha value is -3.44. The van der Waals surface area contributed by atoms with E-state index < -0.39 is 11.9 Å². The SMILES string of the molecule is COC(=O)c1ccccc1OC(C)=O.c1ccc(CNCc2ccccc2)cc1. The summed E-state index contributed by atoms with van der Waals surface area (Å²) in [6, 6.07) is 27.3. The molecule has 150 valence electrons. The molecule has 0 saturated carbocycles. The first-order valence-electron chi connectivity index (χ1n) is 9.24. The average Bonchev–Trinajstić information content (AvgIpc) is 2.75. The van der Waals surface area contributed by atoms with Gasteiger partial charge in [0.15, 0.2) is 0 Å². The largest absolute Gasteiger partial charge is 0.465 e. The quantitative estimate of drug-likeness (QED) is 0.499. The average molecular weight is 391 g/mol. The maximum absolute atomic E-state index is 11.2. The van der Waals surface area contributed by atoms with Crippen molar-refractivity contribution in [2.24, 2.45) is 0 Å². The van der Waals surface area contributed by atoms with Crippen LogP contribution < -0.4 is 10.1 Å². The molecule has 3 aromatic carbocycles. The van der Waals surface area contributed by atoms with Gasteiger partial charge in [-0.2, -0.15) is 0 Å². The van der Waals surface area contributed by atoms with E-state index in [-0.39, 0.29) is 11.3 Å². The predicted octanol–water partition coefficient (Wildman–Crippen LogP) is 4.37. The van der Waals surface area contributed by atoms with Crippen LogP contribution in [0.4, 0.5) is 0 Å². The second kappa shape index (κ2) is 12.1. The van der Waals surface area contributed by atoms with Crippen LogP contribution in [0.2, 0.25) is 0 Å². The maximum atomic E-state index is 11.2. The van der Waals surface area contributed by atoms with E-state index in [1.165, 1.54) is 37.3 Å². The lowest BCUT2D eigenvalue weighted by Crippen LogP contribution is -2.12. The number of esters is 2. The summed E-state index contributed by atoms with van der Waals surface area (Å²) in [7, 11) is 1.27. The molecular weight excluding hydrogens is 366 g/mol. The number of benzene rings is 3. The molecule has 5 nitrogen and oxygen atoms in total. The van der Waals surface area contributed by atoms with E-state index in [9.17, 15) is 9.59 Å². The molecular formula is C24H25NO4. The molecule has 0 amide bonds. The van der Waals surface area contributed by atoms with Gasteiger partial charge in [-0.15, -0.1) is 0 Å². The summed E-state index contributed by atoms with van der Waals surface area (Å²) < 4.78 is 9.36. The van der Waals surface area contributed by atoms with Gasteiger partial charge in [-0.25, -0.2) is 4.79 Å². The second-order valence-corrected chi connectivity index (χ2v) is 6.16. The van der Waals surface area contributed by atoms with Gasteiger partial charge in [0.25, 0.3) is 0 Å². The van der Waals surface area contributed by atoms with Crippen molar-refractivity contribution < 1.29 is 19.1 Å². The molecule has 3 rings (SSSR count). The lowest BCUT2D eigenvalue weighted by Gasteiger charge is -2.05. The minimum atomic E-state index is -0.526. The monoisotopic (exact) mass is 391 g/mol. The Bertz CT molecular complexity index is 856. The molecule has 0 aliphatic rings. The molecule has 0 heterocycles. The summed E-state index contributed by atoms with van der Waals surface area (Å²) in [6.45, 7) is 3.12. The van der Waals surface area contributed by atoms with Crippen molar-refractivity contribution in [1.29, 1.82) is 0 Å². The topological polar surface area (TPSA) is 64.6 Å². The summed E-state index contributed by atoms with van der Waals surface area (Å²) in [6.07, 6.45) is 0. The fourth-order valence-electron chi connectivity index (χ4n) is 2.53. The Morgan fingerprint density at radius 1 is 0.759 bits per heavy atom. The minimum absolute atomic E-state index is 0.215. The van der Waals surface area contributed by atoms with Crippen LogP contribution in [0.25, 0.3) is 0 Å². The van der Waals surface area contributed by atoms with Gasteiger partial charge in [-0.1, -0.05) is 72.8 Å². The number of nitrogens with one attached hydrogen (secondary N) is 1. The number of ether oxygens (including phenoxy) is 2. The van der Waals surface area contributed by atoms with Gasteiger partial charge >= 0.3 is 11.9 Å². The van der Waals surface area contributed by atoms with Gasteiger partial charge in [0.05, 0.1) is 7.11 Å². The van der Waals surface area contributed by atoms with E-state index in [0.29, 0.717) is 0 Å². The highest BCUT2D eigenvalue weighted by atomic mass is 16.5. The summed E-state index contributed by atoms with van der Waals surface area (Å²) >= 11 is 0. The number of carbonyl (C=O) groups excluding carboxylic acids is 2. The lowest BCUT2D eigenvalue weighted by atomic mass is 10.2. The van der Waals surface area contributed by atoms with Crippen molar-refractivity contribution in [3.8, 4) is 5.75 Å². The van der Waals surface area contributed by atoms with E-state index in [1.807, 2.05) is 12.1 Å². The zero-order valence-electron chi connectivity index (χ0n) is 16.6. The molecule has 0 aliphatic carbocycles. The van der Waals surface area contributed by atoms with Gasteiger partial charge in [0.1, 0.15) is 11.3 Å². The zero-order chi connectivity index (χ0) is 20.9. The van der Waals surface area contributed by atoms with Crippen LogP contribution in [0.1, 0.15) is 28.4 Å². The van der Waals surface area contributed by atoms with E-state index in [4.69, 9.17) is 4.74 Å². The Labute approximate surface area is 171 Å². The highest BCUT2D eigenvalue weighted by Crippen LogP contribution is 2.18. The third kappa shape index (κ3) is 7.99. The van der Waals surface area contributed by atoms with Crippen molar-refractivity contribution >= 4 is 11.9 Å². The smallest absolute Gasteiger partial charge is 0.341 e. The van der Waals surface area contributed by atoms with Gasteiger partial charge < -0.3 is 14.8 Å². The first-order chi connectivity index (χ1) is 14.1. The molecule has 0 fully saturated rings. The van der Waals surface area contributed by atoms with Gasteiger partial charge in [0, 0.05) is 20.0 Å². The molecule has 29 heavy (non-hydrogen) atoms. The van der Waals surface area contributed by atoms with Crippen LogP contribution in [-0.4, -0.2) is 19.0 Å². The molecule has 3 aromatic rings. The summed E-state index contributed by atoms with van der Waals surface area (Å²) in [5.74, 6) is -0.782. The van der Waals surface area contributed by atoms with Crippen molar-refractivity contribution in [3.05, 3.63) is 102 Å². The van der Waals surface area contributed by atoms with Crippen molar-refractivity contribution in [1.82, 2.24) is 5.32 Å². The molecule has 5 heteroatoms. The van der Waals surface area contributed by atoms with Crippen LogP contribution in [0, 0.1) is 0 Å². The van der Waals surface area contributed by atoms with Gasteiger partial charge in [-0.05, 0) is 23.3 Å². The summed E-state index contributed by atoms with van der Waals surface area (Å²) in [4.78, 5) is 21.9. The molecule has 0 aliphatic heterocycles. The molecule has 0 bridgehead atoms. The summed E-state index contributed by atoms with van der Waals surface area (Å²) in [5.41, 5.74) is 2.90. The molecule has 1 N–H and O–H groups in total. The van der Waals surface area contributed by atoms with Gasteiger partial charge in [0.2, 0.25) is 0 Å². The van der Waals surface area contributed by atoms with Crippen LogP contribution >= 0.6 is 0 Å². The summed E-state index contributed by atoms with van der Waals surface area (Å²) in [5, 5.41) is 3.42. The fraction of sp³-hybridized carbons (Fsp3) is 0.167. The molecule has 0 atom stereocenters. The van der Waals surface area contributed by atoms with Crippen molar-refractivity contribution in [2.75, 3.05) is 7.11 Å². The van der Waals surface area contributed by atoms with Crippen LogP contribution in [-0.2, 0) is 22.6 Å². The Balaban J connectivity index is 0.000000208. The Morgan fingerprint density at radius 3 is 1.72 bits per heavy atom. The zero-order valence-corrected chi connectivity index (χ0v) is 16.6. The minimum Gasteiger partial charge on any atom is -0.465 e. The molecule has 0 unspecified atom stereocenters. The van der Waals surface area contributed by atoms with Crippen molar-refractivity contribution in [3.63, 3.8) is 0 Å². The number of hydrogen-bond donors (Lipinski definition) is 1. The normalized spacial score (nSPS) is 9.72. The first kappa shape index (κ1) is 21.9. The molecule has 0 spiro atoms. The van der Waals surface area contributed by atoms with Crippen LogP contribution in [0.5, 0.6) is 5.75 Å². The number of carbonyl (C=O) groups is 2. The van der Waals surface area contributed by atoms with E-state index in [2.05, 4.69) is 58.6 Å². The third-order valence-corrected chi connectivity index (χ3v) is 3.89. The Kier molecular flexibility index (Phi) is 9.12.